The first-order chi connectivity index (χ1) is 14.5. The van der Waals surface area contributed by atoms with Crippen molar-refractivity contribution in [3.8, 4) is 17.6 Å². The van der Waals surface area contributed by atoms with E-state index in [2.05, 4.69) is 11.1 Å². The zero-order valence-corrected chi connectivity index (χ0v) is 17.3. The fraction of sp³-hybridized carbons (Fsp3) is 0.136. The Morgan fingerprint density at radius 1 is 1.13 bits per heavy atom. The number of aliphatic imine (C=N–C) groups is 1. The average Bonchev–Trinajstić information content (AvgIpc) is 3.07. The molecule has 1 N–H and O–H groups in total. The van der Waals surface area contributed by atoms with Gasteiger partial charge in [-0.3, -0.25) is 0 Å². The van der Waals surface area contributed by atoms with Gasteiger partial charge in [-0.1, -0.05) is 23.9 Å². The third-order valence-corrected chi connectivity index (χ3v) is 5.21. The molecule has 0 spiro atoms. The highest BCUT2D eigenvalue weighted by Gasteiger charge is 2.33. The van der Waals surface area contributed by atoms with Crippen LogP contribution >= 0.6 is 11.8 Å². The van der Waals surface area contributed by atoms with E-state index in [1.807, 2.05) is 0 Å². The van der Waals surface area contributed by atoms with Crippen LogP contribution in [0.25, 0.3) is 6.08 Å². The van der Waals surface area contributed by atoms with Crippen LogP contribution in [0, 0.1) is 11.3 Å². The number of hydrogen-bond donors (Lipinski definition) is 1. The molecule has 2 aromatic rings. The molecule has 152 valence electrons. The van der Waals surface area contributed by atoms with Crippen molar-refractivity contribution in [1.29, 1.82) is 5.26 Å². The van der Waals surface area contributed by atoms with Crippen molar-refractivity contribution in [3.63, 3.8) is 0 Å². The summed E-state index contributed by atoms with van der Waals surface area (Å²) >= 11 is 1.13. The lowest BCUT2D eigenvalue weighted by molar-refractivity contribution is -0.135. The Balaban J connectivity index is 2.05. The van der Waals surface area contributed by atoms with Crippen molar-refractivity contribution in [2.45, 2.75) is 0 Å². The number of nitriles is 1. The molecule has 0 amide bonds. The maximum absolute atomic E-state index is 12.3. The van der Waals surface area contributed by atoms with Gasteiger partial charge in [0.25, 0.3) is 0 Å². The SMILES string of the molecule is COC(=O)C1=C(O)/C(=C\c2cccc(C#N)c2)SC1=Nc1ccc(OC)c(OC)c1. The van der Waals surface area contributed by atoms with E-state index in [0.717, 1.165) is 11.8 Å². The number of methoxy groups -OCH3 is 3. The molecule has 0 saturated carbocycles. The van der Waals surface area contributed by atoms with Gasteiger partial charge in [0.1, 0.15) is 16.4 Å². The van der Waals surface area contributed by atoms with Crippen LogP contribution in [0.15, 0.2) is 63.7 Å². The van der Waals surface area contributed by atoms with Crippen LogP contribution in [-0.4, -0.2) is 37.4 Å². The fourth-order valence-corrected chi connectivity index (χ4v) is 3.79. The quantitative estimate of drug-likeness (QED) is 0.714. The Hall–Kier alpha value is -3.70. The molecule has 0 atom stereocenters. The predicted molar refractivity (Wildman–Crippen MR) is 115 cm³/mol. The fourth-order valence-electron chi connectivity index (χ4n) is 2.75. The van der Waals surface area contributed by atoms with Crippen LogP contribution in [0.4, 0.5) is 5.69 Å². The van der Waals surface area contributed by atoms with Gasteiger partial charge in [-0.15, -0.1) is 0 Å². The van der Waals surface area contributed by atoms with Crippen LogP contribution in [0.5, 0.6) is 11.5 Å². The normalized spacial score (nSPS) is 15.9. The van der Waals surface area contributed by atoms with E-state index in [-0.39, 0.29) is 16.4 Å². The zero-order valence-electron chi connectivity index (χ0n) is 16.5. The number of esters is 1. The Bertz CT molecular complexity index is 1130. The van der Waals surface area contributed by atoms with Crippen molar-refractivity contribution in [3.05, 3.63) is 69.8 Å². The lowest BCUT2D eigenvalue weighted by atomic mass is 10.1. The number of nitrogens with zero attached hydrogens (tertiary/aromatic N) is 2. The van der Waals surface area contributed by atoms with Gasteiger partial charge in [0, 0.05) is 6.07 Å². The van der Waals surface area contributed by atoms with Gasteiger partial charge in [0.15, 0.2) is 11.5 Å². The van der Waals surface area contributed by atoms with Crippen LogP contribution in [0.1, 0.15) is 11.1 Å². The summed E-state index contributed by atoms with van der Waals surface area (Å²) in [5, 5.41) is 20.0. The monoisotopic (exact) mass is 422 g/mol. The van der Waals surface area contributed by atoms with Gasteiger partial charge in [-0.25, -0.2) is 9.79 Å². The van der Waals surface area contributed by atoms with Gasteiger partial charge in [-0.05, 0) is 35.9 Å². The molecule has 8 heteroatoms. The molecule has 0 saturated heterocycles. The summed E-state index contributed by atoms with van der Waals surface area (Å²) in [5.41, 5.74) is 1.68. The second-order valence-corrected chi connectivity index (χ2v) is 7.05. The molecule has 1 heterocycles. The minimum absolute atomic E-state index is 0.0278. The Morgan fingerprint density at radius 2 is 1.90 bits per heavy atom. The summed E-state index contributed by atoms with van der Waals surface area (Å²) in [5.74, 6) is 0.103. The lowest BCUT2D eigenvalue weighted by Crippen LogP contribution is -2.10. The minimum Gasteiger partial charge on any atom is -0.506 e. The van der Waals surface area contributed by atoms with E-state index in [1.165, 1.54) is 21.3 Å². The van der Waals surface area contributed by atoms with Crippen molar-refractivity contribution in [2.75, 3.05) is 21.3 Å². The summed E-state index contributed by atoms with van der Waals surface area (Å²) in [6.07, 6.45) is 1.68. The number of benzene rings is 2. The van der Waals surface area contributed by atoms with Gasteiger partial charge < -0.3 is 19.3 Å². The third kappa shape index (κ3) is 4.31. The van der Waals surface area contributed by atoms with E-state index < -0.39 is 5.97 Å². The van der Waals surface area contributed by atoms with Crippen LogP contribution in [-0.2, 0) is 9.53 Å². The molecule has 3 rings (SSSR count). The first kappa shape index (κ1) is 21.0. The Kier molecular flexibility index (Phi) is 6.45. The molecule has 1 aliphatic heterocycles. The van der Waals surface area contributed by atoms with Gasteiger partial charge in [0.05, 0.1) is 43.6 Å². The number of aliphatic hydroxyl groups excluding tert-OH is 1. The molecule has 7 nitrogen and oxygen atoms in total. The van der Waals surface area contributed by atoms with E-state index in [4.69, 9.17) is 19.5 Å². The predicted octanol–water partition coefficient (Wildman–Crippen LogP) is 4.38. The van der Waals surface area contributed by atoms with Crippen molar-refractivity contribution in [1.82, 2.24) is 0 Å². The summed E-state index contributed by atoms with van der Waals surface area (Å²) in [6.45, 7) is 0. The highest BCUT2D eigenvalue weighted by molar-refractivity contribution is 8.18. The largest absolute Gasteiger partial charge is 0.506 e. The molecule has 1 aliphatic rings. The van der Waals surface area contributed by atoms with E-state index in [1.54, 1.807) is 48.5 Å². The van der Waals surface area contributed by atoms with Gasteiger partial charge in [0.2, 0.25) is 0 Å². The average molecular weight is 422 g/mol. The number of carbonyl (C=O) groups is 1. The minimum atomic E-state index is -0.701. The van der Waals surface area contributed by atoms with Crippen LogP contribution in [0.3, 0.4) is 0 Å². The summed E-state index contributed by atoms with van der Waals surface area (Å²) in [6, 6.07) is 14.0. The van der Waals surface area contributed by atoms with Gasteiger partial charge >= 0.3 is 5.97 Å². The van der Waals surface area contributed by atoms with Crippen molar-refractivity contribution in [2.24, 2.45) is 4.99 Å². The molecule has 30 heavy (non-hydrogen) atoms. The first-order valence-corrected chi connectivity index (χ1v) is 9.55. The van der Waals surface area contributed by atoms with E-state index in [0.29, 0.717) is 33.2 Å². The summed E-state index contributed by atoms with van der Waals surface area (Å²) in [7, 11) is 4.28. The van der Waals surface area contributed by atoms with E-state index in [9.17, 15) is 9.90 Å². The maximum Gasteiger partial charge on any atom is 0.344 e. The Morgan fingerprint density at radius 3 is 2.57 bits per heavy atom. The molecular weight excluding hydrogens is 404 g/mol. The summed E-state index contributed by atoms with van der Waals surface area (Å²) < 4.78 is 15.3. The van der Waals surface area contributed by atoms with Crippen molar-refractivity contribution >= 4 is 34.5 Å². The molecular formula is C22H18N2O5S. The van der Waals surface area contributed by atoms with Gasteiger partial charge in [-0.2, -0.15) is 5.26 Å². The number of rotatable bonds is 5. The number of carbonyl (C=O) groups excluding carboxylic acids is 1. The molecule has 0 bridgehead atoms. The second-order valence-electron chi connectivity index (χ2n) is 6.02. The highest BCUT2D eigenvalue weighted by Crippen LogP contribution is 2.41. The number of ether oxygens (including phenoxy) is 3. The second kappa shape index (κ2) is 9.20. The molecule has 0 aliphatic carbocycles. The maximum atomic E-state index is 12.3. The zero-order chi connectivity index (χ0) is 21.7. The molecule has 0 fully saturated rings. The molecule has 0 radical (unpaired) electrons. The standard InChI is InChI=1S/C22H18N2O5S/c1-27-16-8-7-15(11-17(16)28-2)24-21-19(22(26)29-3)20(25)18(30-21)10-13-5-4-6-14(9-13)12-23/h4-11,25H,1-3H3/b18-10+,24-21?. The highest BCUT2D eigenvalue weighted by atomic mass is 32.2. The molecule has 0 aromatic heterocycles. The molecule has 2 aromatic carbocycles. The Labute approximate surface area is 177 Å². The van der Waals surface area contributed by atoms with Crippen molar-refractivity contribution < 1.29 is 24.1 Å². The first-order valence-electron chi connectivity index (χ1n) is 8.73. The number of hydrogen-bond acceptors (Lipinski definition) is 8. The van der Waals surface area contributed by atoms with Crippen LogP contribution in [0.2, 0.25) is 0 Å². The smallest absolute Gasteiger partial charge is 0.344 e. The van der Waals surface area contributed by atoms with Crippen LogP contribution < -0.4 is 9.47 Å². The van der Waals surface area contributed by atoms with E-state index >= 15 is 0 Å². The number of aliphatic hydroxyl groups is 1. The lowest BCUT2D eigenvalue weighted by Gasteiger charge is -2.08. The summed E-state index contributed by atoms with van der Waals surface area (Å²) in [4.78, 5) is 17.2. The molecule has 0 unspecified atom stereocenters. The number of thioether (sulfide) groups is 1. The topological polar surface area (TPSA) is 101 Å². The third-order valence-electron chi connectivity index (χ3n) is 4.19.